The molecule has 0 rings (SSSR count). The quantitative estimate of drug-likeness (QED) is 0.0343. The predicted molar refractivity (Wildman–Crippen MR) is 269 cm³/mol. The summed E-state index contributed by atoms with van der Waals surface area (Å²) in [6.45, 7) is 14.2. The van der Waals surface area contributed by atoms with E-state index in [1.165, 1.54) is 6.42 Å². The van der Waals surface area contributed by atoms with Gasteiger partial charge in [0.05, 0.1) is 58.9 Å². The number of carbonyl (C=O) groups excluding carboxylic acids is 7. The average Bonchev–Trinajstić information content (AvgIpc) is 3.31. The SMILES string of the molecule is CCC.CCCCCCCC(=O)OCCCCCOC(=O)CC(CC(=O)OCCCCCOC(=O)CCCCCCC)(OC(=O)CCNCCC)C(=O)OCCCCCOC(=O)CCCCCCC. The molecule has 0 saturated carbocycles. The van der Waals surface area contributed by atoms with Crippen LogP contribution >= 0.6 is 0 Å². The van der Waals surface area contributed by atoms with Crippen LogP contribution in [0.3, 0.4) is 0 Å². The predicted octanol–water partition coefficient (Wildman–Crippen LogP) is 11.7. The molecule has 0 atom stereocenters. The first-order valence-corrected chi connectivity index (χ1v) is 27.3. The van der Waals surface area contributed by atoms with E-state index in [-0.39, 0.29) is 70.5 Å². The monoisotopic (exact) mass is 986 g/mol. The van der Waals surface area contributed by atoms with Crippen molar-refractivity contribution in [2.75, 3.05) is 52.7 Å². The van der Waals surface area contributed by atoms with Gasteiger partial charge in [0.15, 0.2) is 0 Å². The van der Waals surface area contributed by atoms with Gasteiger partial charge in [0.25, 0.3) is 0 Å². The highest BCUT2D eigenvalue weighted by molar-refractivity contribution is 5.92. The Morgan fingerprint density at radius 1 is 0.319 bits per heavy atom. The third-order valence-corrected chi connectivity index (χ3v) is 10.8. The molecule has 0 saturated heterocycles. The molecule has 0 aromatic carbocycles. The normalized spacial score (nSPS) is 10.9. The molecule has 69 heavy (non-hydrogen) atoms. The summed E-state index contributed by atoms with van der Waals surface area (Å²) in [4.78, 5) is 90.0. The van der Waals surface area contributed by atoms with E-state index >= 15 is 0 Å². The zero-order valence-corrected chi connectivity index (χ0v) is 44.5. The highest BCUT2D eigenvalue weighted by Gasteiger charge is 2.49. The van der Waals surface area contributed by atoms with Gasteiger partial charge >= 0.3 is 41.8 Å². The summed E-state index contributed by atoms with van der Waals surface area (Å²) in [5.41, 5.74) is -2.35. The lowest BCUT2D eigenvalue weighted by Gasteiger charge is -2.30. The molecule has 0 aromatic rings. The summed E-state index contributed by atoms with van der Waals surface area (Å²) in [6, 6.07) is 0. The van der Waals surface area contributed by atoms with E-state index in [1.54, 1.807) is 0 Å². The molecule has 15 heteroatoms. The van der Waals surface area contributed by atoms with Crippen molar-refractivity contribution in [1.29, 1.82) is 0 Å². The first-order valence-electron chi connectivity index (χ1n) is 27.3. The molecule has 15 nitrogen and oxygen atoms in total. The van der Waals surface area contributed by atoms with E-state index in [9.17, 15) is 33.6 Å². The summed E-state index contributed by atoms with van der Waals surface area (Å²) in [7, 11) is 0. The maximum absolute atomic E-state index is 13.9. The van der Waals surface area contributed by atoms with Gasteiger partial charge in [-0.2, -0.15) is 0 Å². The van der Waals surface area contributed by atoms with Crippen molar-refractivity contribution in [3.05, 3.63) is 0 Å². The average molecular weight is 986 g/mol. The Morgan fingerprint density at radius 2 is 0.623 bits per heavy atom. The van der Waals surface area contributed by atoms with Crippen molar-refractivity contribution in [3.8, 4) is 0 Å². The van der Waals surface area contributed by atoms with Crippen molar-refractivity contribution in [1.82, 2.24) is 5.32 Å². The van der Waals surface area contributed by atoms with E-state index in [4.69, 9.17) is 33.2 Å². The zero-order valence-electron chi connectivity index (χ0n) is 44.5. The molecule has 1 N–H and O–H groups in total. The molecule has 0 aliphatic carbocycles. The number of rotatable bonds is 47. The molecule has 0 aliphatic heterocycles. The van der Waals surface area contributed by atoms with E-state index in [1.807, 2.05) is 6.92 Å². The van der Waals surface area contributed by atoms with E-state index in [2.05, 4.69) is 39.9 Å². The number of ether oxygens (including phenoxy) is 7. The summed E-state index contributed by atoms with van der Waals surface area (Å²) < 4.78 is 38.3. The molecule has 0 unspecified atom stereocenters. The Bertz CT molecular complexity index is 1240. The van der Waals surface area contributed by atoms with Gasteiger partial charge in [0.2, 0.25) is 5.60 Å². The van der Waals surface area contributed by atoms with Gasteiger partial charge in [0, 0.05) is 25.8 Å². The standard InChI is InChI=1S/C51H91NO14.C3H8/c1-5-9-12-15-21-30-44(53)60-36-24-18-27-39-63-48(57)42-51(66-47(56)33-35-52-34-8-4,50(59)65-41-29-20-26-38-62-46(55)32-23-17-14-11-7-3)43-49(58)64-40-28-19-25-37-61-45(54)31-22-16-13-10-6-2;1-3-2/h52H,5-43H2,1-4H3;3H2,1-2H3. The summed E-state index contributed by atoms with van der Waals surface area (Å²) in [5, 5.41) is 3.10. The van der Waals surface area contributed by atoms with Crippen LogP contribution in [0.5, 0.6) is 0 Å². The van der Waals surface area contributed by atoms with Gasteiger partial charge in [-0.15, -0.1) is 0 Å². The second-order valence-corrected chi connectivity index (χ2v) is 17.9. The lowest BCUT2D eigenvalue weighted by molar-refractivity contribution is -0.191. The highest BCUT2D eigenvalue weighted by Crippen LogP contribution is 2.27. The van der Waals surface area contributed by atoms with Gasteiger partial charge in [-0.3, -0.25) is 28.8 Å². The smallest absolute Gasteiger partial charge is 0.351 e. The zero-order chi connectivity index (χ0) is 51.5. The summed E-state index contributed by atoms with van der Waals surface area (Å²) >= 11 is 0. The van der Waals surface area contributed by atoms with Crippen LogP contribution < -0.4 is 5.32 Å². The third-order valence-electron chi connectivity index (χ3n) is 10.8. The Labute approximate surface area is 418 Å². The molecule has 0 radical (unpaired) electrons. The van der Waals surface area contributed by atoms with Gasteiger partial charge in [0.1, 0.15) is 0 Å². The first kappa shape index (κ1) is 67.3. The lowest BCUT2D eigenvalue weighted by Crippen LogP contribution is -2.49. The van der Waals surface area contributed by atoms with Crippen molar-refractivity contribution in [3.63, 3.8) is 0 Å². The topological polar surface area (TPSA) is 196 Å². The Hall–Kier alpha value is -3.75. The van der Waals surface area contributed by atoms with Crippen LogP contribution in [0.2, 0.25) is 0 Å². The van der Waals surface area contributed by atoms with E-state index in [0.29, 0.717) is 83.6 Å². The van der Waals surface area contributed by atoms with E-state index in [0.717, 1.165) is 103 Å². The fourth-order valence-corrected chi connectivity index (χ4v) is 6.85. The van der Waals surface area contributed by atoms with Gasteiger partial charge in [-0.05, 0) is 90.0 Å². The van der Waals surface area contributed by atoms with Crippen LogP contribution in [0.25, 0.3) is 0 Å². The fourth-order valence-electron chi connectivity index (χ4n) is 6.85. The molecule has 0 aliphatic rings. The van der Waals surface area contributed by atoms with Crippen LogP contribution in [0.4, 0.5) is 0 Å². The van der Waals surface area contributed by atoms with Crippen LogP contribution in [-0.4, -0.2) is 100 Å². The number of unbranched alkanes of at least 4 members (excludes halogenated alkanes) is 18. The first-order chi connectivity index (χ1) is 33.4. The minimum atomic E-state index is -2.35. The van der Waals surface area contributed by atoms with Crippen LogP contribution in [0, 0.1) is 0 Å². The number of esters is 7. The Balaban J connectivity index is 0. The number of nitrogens with one attached hydrogen (secondary N) is 1. The van der Waals surface area contributed by atoms with Gasteiger partial charge < -0.3 is 38.5 Å². The van der Waals surface area contributed by atoms with Crippen LogP contribution in [0.15, 0.2) is 0 Å². The summed E-state index contributed by atoms with van der Waals surface area (Å²) in [5.74, 6) is -4.29. The van der Waals surface area contributed by atoms with Crippen LogP contribution in [-0.2, 0) is 66.7 Å². The maximum Gasteiger partial charge on any atom is 0.351 e. The molecule has 0 spiro atoms. The molecule has 404 valence electrons. The number of hydrogen-bond acceptors (Lipinski definition) is 15. The molecule has 0 heterocycles. The van der Waals surface area contributed by atoms with Crippen molar-refractivity contribution in [2.24, 2.45) is 0 Å². The lowest BCUT2D eigenvalue weighted by atomic mass is 9.94. The molecule has 0 bridgehead atoms. The number of carbonyl (C=O) groups is 7. The second kappa shape index (κ2) is 50.6. The van der Waals surface area contributed by atoms with Gasteiger partial charge in [-0.1, -0.05) is 125 Å². The second-order valence-electron chi connectivity index (χ2n) is 17.9. The molecule has 0 fully saturated rings. The minimum absolute atomic E-state index is 0.00757. The maximum atomic E-state index is 13.9. The van der Waals surface area contributed by atoms with Crippen molar-refractivity contribution >= 4 is 41.8 Å². The van der Waals surface area contributed by atoms with E-state index < -0.39 is 42.3 Å². The molecular formula is C54H99NO14. The molecule has 0 aromatic heterocycles. The van der Waals surface area contributed by atoms with Crippen molar-refractivity contribution < 1.29 is 66.7 Å². The number of hydrogen-bond donors (Lipinski definition) is 1. The van der Waals surface area contributed by atoms with Crippen molar-refractivity contribution in [2.45, 2.75) is 253 Å². The molecular weight excluding hydrogens is 887 g/mol. The summed E-state index contributed by atoms with van der Waals surface area (Å²) in [6.07, 6.45) is 22.0. The third kappa shape index (κ3) is 45.2. The molecule has 0 amide bonds. The highest BCUT2D eigenvalue weighted by atomic mass is 16.6. The largest absolute Gasteiger partial charge is 0.466 e. The van der Waals surface area contributed by atoms with Gasteiger partial charge in [-0.25, -0.2) is 4.79 Å². The fraction of sp³-hybridized carbons (Fsp3) is 0.870. The Morgan fingerprint density at radius 3 is 0.957 bits per heavy atom. The Kier molecular flexibility index (Phi) is 49.4. The minimum Gasteiger partial charge on any atom is -0.466 e. The van der Waals surface area contributed by atoms with Crippen LogP contribution in [0.1, 0.15) is 247 Å².